The first-order valence-electron chi connectivity index (χ1n) is 7.02. The van der Waals surface area contributed by atoms with Crippen LogP contribution < -0.4 is 5.32 Å². The summed E-state index contributed by atoms with van der Waals surface area (Å²) in [4.78, 5) is 14.3. The summed E-state index contributed by atoms with van der Waals surface area (Å²) in [6.45, 7) is 1.13. The van der Waals surface area contributed by atoms with Gasteiger partial charge in [0.2, 0.25) is 5.91 Å². The highest BCUT2D eigenvalue weighted by atomic mass is 35.5. The van der Waals surface area contributed by atoms with E-state index in [1.165, 1.54) is 12.1 Å². The number of hydrogen-bond donors (Lipinski definition) is 1. The third kappa shape index (κ3) is 2.30. The van der Waals surface area contributed by atoms with E-state index in [4.69, 9.17) is 16.3 Å². The van der Waals surface area contributed by atoms with Crippen LogP contribution >= 0.6 is 23.4 Å². The maximum absolute atomic E-state index is 13.6. The van der Waals surface area contributed by atoms with Gasteiger partial charge in [0.05, 0.1) is 18.8 Å². The molecule has 1 amide bonds. The Kier molecular flexibility index (Phi) is 3.36. The molecule has 3 heterocycles. The molecular formula is C15H14ClFN2O2S. The zero-order valence-electron chi connectivity index (χ0n) is 11.6. The Hall–Kier alpha value is -1.24. The molecule has 2 atom stereocenters. The molecule has 0 aliphatic carbocycles. The summed E-state index contributed by atoms with van der Waals surface area (Å²) in [6.07, 6.45) is 2.60. The normalized spacial score (nSPS) is 29.0. The van der Waals surface area contributed by atoms with Crippen molar-refractivity contribution in [3.63, 3.8) is 0 Å². The van der Waals surface area contributed by atoms with Crippen molar-refractivity contribution >= 4 is 29.3 Å². The fourth-order valence-corrected chi connectivity index (χ4v) is 4.44. The van der Waals surface area contributed by atoms with Crippen LogP contribution in [0.15, 0.2) is 29.8 Å². The van der Waals surface area contributed by atoms with Crippen LogP contribution in [0.2, 0.25) is 5.02 Å². The molecule has 1 unspecified atom stereocenters. The lowest BCUT2D eigenvalue weighted by Crippen LogP contribution is -2.57. The van der Waals surface area contributed by atoms with Crippen molar-refractivity contribution in [3.8, 4) is 0 Å². The van der Waals surface area contributed by atoms with Crippen LogP contribution in [0.3, 0.4) is 0 Å². The molecule has 7 heteroatoms. The number of carbonyl (C=O) groups excluding carboxylic acids is 1. The molecule has 2 saturated heterocycles. The number of rotatable bonds is 2. The van der Waals surface area contributed by atoms with Gasteiger partial charge in [-0.15, -0.1) is 11.8 Å². The van der Waals surface area contributed by atoms with Gasteiger partial charge in [0.25, 0.3) is 0 Å². The fourth-order valence-electron chi connectivity index (χ4n) is 3.20. The number of benzene rings is 1. The van der Waals surface area contributed by atoms with Crippen molar-refractivity contribution in [3.05, 3.63) is 46.2 Å². The summed E-state index contributed by atoms with van der Waals surface area (Å²) < 4.78 is 18.9. The van der Waals surface area contributed by atoms with Gasteiger partial charge in [-0.1, -0.05) is 11.6 Å². The van der Waals surface area contributed by atoms with Gasteiger partial charge in [0.1, 0.15) is 17.2 Å². The first kappa shape index (κ1) is 14.4. The Morgan fingerprint density at radius 2 is 2.23 bits per heavy atom. The predicted octanol–water partition coefficient (Wildman–Crippen LogP) is 2.66. The van der Waals surface area contributed by atoms with E-state index in [1.54, 1.807) is 17.8 Å². The fraction of sp³-hybridized carbons (Fsp3) is 0.400. The lowest BCUT2D eigenvalue weighted by atomic mass is 9.93. The monoisotopic (exact) mass is 340 g/mol. The zero-order chi connectivity index (χ0) is 15.3. The molecule has 4 nitrogen and oxygen atoms in total. The van der Waals surface area contributed by atoms with Gasteiger partial charge in [-0.25, -0.2) is 4.39 Å². The van der Waals surface area contributed by atoms with Crippen LogP contribution in [0.25, 0.3) is 0 Å². The van der Waals surface area contributed by atoms with Crippen molar-refractivity contribution in [1.82, 2.24) is 10.2 Å². The van der Waals surface area contributed by atoms with Crippen molar-refractivity contribution in [2.24, 2.45) is 0 Å². The standard InChI is InChI=1S/C15H14ClFN2O2S/c16-10-3-9(4-11(17)5-10)14-19(1-2-22-14)12-6-15(7-21-8-15)18-13(12)20/h1-5,12,14H,6-8H2,(H,18,20)/t12?,14-/m1/s1. The summed E-state index contributed by atoms with van der Waals surface area (Å²) in [6, 6.07) is 4.24. The van der Waals surface area contributed by atoms with Crippen LogP contribution in [0.5, 0.6) is 0 Å². The maximum atomic E-state index is 13.6. The number of carbonyl (C=O) groups is 1. The summed E-state index contributed by atoms with van der Waals surface area (Å²) in [5.74, 6) is -0.363. The lowest BCUT2D eigenvalue weighted by molar-refractivity contribution is -0.126. The van der Waals surface area contributed by atoms with Gasteiger partial charge in [-0.2, -0.15) is 0 Å². The summed E-state index contributed by atoms with van der Waals surface area (Å²) in [5.41, 5.74) is 0.547. The second-order valence-electron chi connectivity index (χ2n) is 5.91. The van der Waals surface area contributed by atoms with Gasteiger partial charge in [0.15, 0.2) is 0 Å². The molecule has 116 valence electrons. The number of ether oxygens (including phenoxy) is 1. The van der Waals surface area contributed by atoms with E-state index in [0.717, 1.165) is 5.56 Å². The maximum Gasteiger partial charge on any atom is 0.243 e. The molecule has 1 aromatic rings. The minimum Gasteiger partial charge on any atom is -0.376 e. The van der Waals surface area contributed by atoms with Crippen molar-refractivity contribution in [2.75, 3.05) is 13.2 Å². The van der Waals surface area contributed by atoms with E-state index in [-0.39, 0.29) is 28.7 Å². The molecule has 1 spiro atoms. The minimum absolute atomic E-state index is 0.00273. The molecule has 4 rings (SSSR count). The zero-order valence-corrected chi connectivity index (χ0v) is 13.2. The molecule has 2 fully saturated rings. The number of nitrogens with one attached hydrogen (secondary N) is 1. The van der Waals surface area contributed by atoms with E-state index in [1.807, 2.05) is 16.5 Å². The van der Waals surface area contributed by atoms with E-state index in [9.17, 15) is 9.18 Å². The average Bonchev–Trinajstić information content (AvgIpc) is 3.00. The molecular weight excluding hydrogens is 327 g/mol. The summed E-state index contributed by atoms with van der Waals surface area (Å²) in [5, 5.41) is 5.19. The molecule has 0 bridgehead atoms. The Morgan fingerprint density at radius 1 is 1.41 bits per heavy atom. The first-order chi connectivity index (χ1) is 10.6. The molecule has 22 heavy (non-hydrogen) atoms. The number of thioether (sulfide) groups is 1. The SMILES string of the molecule is O=C1NC2(COC2)CC1N1C=CS[C@@H]1c1cc(F)cc(Cl)c1. The highest BCUT2D eigenvalue weighted by Gasteiger charge is 2.52. The molecule has 0 radical (unpaired) electrons. The van der Waals surface area contributed by atoms with E-state index in [0.29, 0.717) is 24.7 Å². The van der Waals surface area contributed by atoms with E-state index < -0.39 is 0 Å². The highest BCUT2D eigenvalue weighted by Crippen LogP contribution is 2.44. The quantitative estimate of drug-likeness (QED) is 0.898. The first-order valence-corrected chi connectivity index (χ1v) is 8.34. The topological polar surface area (TPSA) is 41.6 Å². The molecule has 0 aromatic heterocycles. The van der Waals surface area contributed by atoms with Gasteiger partial charge in [-0.05, 0) is 29.2 Å². The lowest BCUT2D eigenvalue weighted by Gasteiger charge is -2.38. The molecule has 0 saturated carbocycles. The molecule has 1 N–H and O–H groups in total. The average molecular weight is 341 g/mol. The van der Waals surface area contributed by atoms with Gasteiger partial charge >= 0.3 is 0 Å². The molecule has 3 aliphatic rings. The Balaban J connectivity index is 1.61. The van der Waals surface area contributed by atoms with E-state index >= 15 is 0 Å². The van der Waals surface area contributed by atoms with Gasteiger partial charge in [0, 0.05) is 17.6 Å². The van der Waals surface area contributed by atoms with Crippen molar-refractivity contribution < 1.29 is 13.9 Å². The largest absolute Gasteiger partial charge is 0.376 e. The number of nitrogens with zero attached hydrogens (tertiary/aromatic N) is 1. The summed E-state index contributed by atoms with van der Waals surface area (Å²) in [7, 11) is 0. The van der Waals surface area contributed by atoms with Crippen LogP contribution in [-0.2, 0) is 9.53 Å². The van der Waals surface area contributed by atoms with Gasteiger partial charge in [-0.3, -0.25) is 4.79 Å². The third-order valence-electron chi connectivity index (χ3n) is 4.27. The predicted molar refractivity (Wildman–Crippen MR) is 82.8 cm³/mol. The minimum atomic E-state index is -0.366. The Labute approximate surface area is 136 Å². The van der Waals surface area contributed by atoms with Crippen molar-refractivity contribution in [1.29, 1.82) is 0 Å². The van der Waals surface area contributed by atoms with Crippen LogP contribution in [0.4, 0.5) is 4.39 Å². The van der Waals surface area contributed by atoms with Crippen LogP contribution in [0.1, 0.15) is 17.4 Å². The Morgan fingerprint density at radius 3 is 2.86 bits per heavy atom. The molecule has 1 aromatic carbocycles. The second-order valence-corrected chi connectivity index (χ2v) is 7.33. The number of hydrogen-bond acceptors (Lipinski definition) is 4. The van der Waals surface area contributed by atoms with Crippen LogP contribution in [-0.4, -0.2) is 35.6 Å². The number of halogens is 2. The van der Waals surface area contributed by atoms with Gasteiger partial charge < -0.3 is 15.0 Å². The van der Waals surface area contributed by atoms with Crippen molar-refractivity contribution in [2.45, 2.75) is 23.4 Å². The third-order valence-corrected chi connectivity index (χ3v) is 5.54. The summed E-state index contributed by atoms with van der Waals surface area (Å²) >= 11 is 7.50. The smallest absolute Gasteiger partial charge is 0.243 e. The highest BCUT2D eigenvalue weighted by molar-refractivity contribution is 8.02. The molecule has 3 aliphatic heterocycles. The number of amides is 1. The van der Waals surface area contributed by atoms with Crippen LogP contribution in [0, 0.1) is 5.82 Å². The van der Waals surface area contributed by atoms with E-state index in [2.05, 4.69) is 5.32 Å². The Bertz CT molecular complexity index is 645. The second kappa shape index (κ2) is 5.15.